The van der Waals surface area contributed by atoms with Gasteiger partial charge in [0.25, 0.3) is 0 Å². The summed E-state index contributed by atoms with van der Waals surface area (Å²) in [6, 6.07) is 4.03. The van der Waals surface area contributed by atoms with Crippen LogP contribution in [0.4, 0.5) is 0 Å². The molecule has 0 spiro atoms. The van der Waals surface area contributed by atoms with Gasteiger partial charge in [-0.2, -0.15) is 0 Å². The first-order valence-electron chi connectivity index (χ1n) is 9.32. The van der Waals surface area contributed by atoms with Crippen molar-refractivity contribution < 1.29 is 9.47 Å². The van der Waals surface area contributed by atoms with E-state index in [1.807, 2.05) is 6.07 Å². The number of unbranched alkanes of at least 4 members (excludes halogenated alkanes) is 6. The zero-order valence-electron chi connectivity index (χ0n) is 14.7. The van der Waals surface area contributed by atoms with Crippen LogP contribution in [-0.2, 0) is 13.1 Å². The number of rotatable bonds is 9. The molecule has 0 bridgehead atoms. The van der Waals surface area contributed by atoms with Crippen LogP contribution in [0.25, 0.3) is 11.0 Å². The summed E-state index contributed by atoms with van der Waals surface area (Å²) in [6.45, 7) is 4.88. The van der Waals surface area contributed by atoms with Crippen LogP contribution in [0.15, 0.2) is 12.1 Å². The number of imidazole rings is 1. The van der Waals surface area contributed by atoms with E-state index in [0.29, 0.717) is 19.8 Å². The van der Waals surface area contributed by atoms with Crippen LogP contribution < -0.4 is 15.2 Å². The van der Waals surface area contributed by atoms with Gasteiger partial charge in [0.1, 0.15) is 19.0 Å². The van der Waals surface area contributed by atoms with E-state index in [1.54, 1.807) is 0 Å². The minimum atomic E-state index is 0.456. The summed E-state index contributed by atoms with van der Waals surface area (Å²) >= 11 is 0. The van der Waals surface area contributed by atoms with Gasteiger partial charge in [-0.25, -0.2) is 4.98 Å². The molecule has 5 heteroatoms. The number of aromatic nitrogens is 2. The lowest BCUT2D eigenvalue weighted by Crippen LogP contribution is -2.15. The largest absolute Gasteiger partial charge is 0.486 e. The maximum Gasteiger partial charge on any atom is 0.163 e. The van der Waals surface area contributed by atoms with E-state index in [0.717, 1.165) is 34.9 Å². The normalized spacial score (nSPS) is 13.6. The van der Waals surface area contributed by atoms with Crippen molar-refractivity contribution in [1.82, 2.24) is 9.55 Å². The number of benzene rings is 1. The lowest BCUT2D eigenvalue weighted by atomic mass is 10.1. The van der Waals surface area contributed by atoms with Gasteiger partial charge in [0, 0.05) is 18.7 Å². The number of nitrogens with two attached hydrogens (primary N) is 1. The first-order valence-corrected chi connectivity index (χ1v) is 9.32. The zero-order chi connectivity index (χ0) is 16.8. The van der Waals surface area contributed by atoms with Gasteiger partial charge in [0.15, 0.2) is 11.5 Å². The molecule has 0 aliphatic carbocycles. The second kappa shape index (κ2) is 8.38. The van der Waals surface area contributed by atoms with Crippen LogP contribution >= 0.6 is 0 Å². The molecule has 1 aromatic carbocycles. The van der Waals surface area contributed by atoms with Crippen molar-refractivity contribution in [2.24, 2.45) is 5.73 Å². The average Bonchev–Trinajstić information content (AvgIpc) is 2.95. The van der Waals surface area contributed by atoms with E-state index in [-0.39, 0.29) is 0 Å². The van der Waals surface area contributed by atoms with Gasteiger partial charge >= 0.3 is 0 Å². The number of hydrogen-bond donors (Lipinski definition) is 1. The highest BCUT2D eigenvalue weighted by molar-refractivity contribution is 5.80. The topological polar surface area (TPSA) is 62.3 Å². The maximum atomic E-state index is 5.91. The van der Waals surface area contributed by atoms with Crippen molar-refractivity contribution in [3.05, 3.63) is 18.0 Å². The SMILES string of the molecule is CCCCCCCCCn1c(CN)nc2cc3c(cc21)OCCO3. The van der Waals surface area contributed by atoms with Crippen molar-refractivity contribution in [2.45, 2.75) is 65.0 Å². The summed E-state index contributed by atoms with van der Waals surface area (Å²) in [5.41, 5.74) is 7.96. The van der Waals surface area contributed by atoms with Gasteiger partial charge in [0.2, 0.25) is 0 Å². The van der Waals surface area contributed by atoms with E-state index in [1.165, 1.54) is 44.9 Å². The summed E-state index contributed by atoms with van der Waals surface area (Å²) in [5, 5.41) is 0. The third-order valence-corrected chi connectivity index (χ3v) is 4.66. The Kier molecular flexibility index (Phi) is 5.96. The number of ether oxygens (including phenoxy) is 2. The van der Waals surface area contributed by atoms with Crippen LogP contribution in [0, 0.1) is 0 Å². The van der Waals surface area contributed by atoms with Crippen LogP contribution in [0.5, 0.6) is 11.5 Å². The summed E-state index contributed by atoms with van der Waals surface area (Å²) in [4.78, 5) is 4.68. The van der Waals surface area contributed by atoms with Gasteiger partial charge in [-0.05, 0) is 6.42 Å². The summed E-state index contributed by atoms with van der Waals surface area (Å²) < 4.78 is 13.6. The van der Waals surface area contributed by atoms with Gasteiger partial charge in [-0.3, -0.25) is 0 Å². The zero-order valence-corrected chi connectivity index (χ0v) is 14.7. The molecule has 2 heterocycles. The molecule has 0 radical (unpaired) electrons. The molecule has 0 amide bonds. The van der Waals surface area contributed by atoms with Gasteiger partial charge in [-0.1, -0.05) is 45.4 Å². The maximum absolute atomic E-state index is 5.91. The molecule has 0 saturated heterocycles. The van der Waals surface area contributed by atoms with E-state index in [9.17, 15) is 0 Å². The quantitative estimate of drug-likeness (QED) is 0.705. The highest BCUT2D eigenvalue weighted by atomic mass is 16.6. The Bertz CT molecular complexity index is 666. The number of fused-ring (bicyclic) bond motifs is 2. The predicted octanol–water partition coefficient (Wildman–Crippen LogP) is 4.02. The molecule has 5 nitrogen and oxygen atoms in total. The fourth-order valence-corrected chi connectivity index (χ4v) is 3.34. The Morgan fingerprint density at radius 1 is 1.00 bits per heavy atom. The highest BCUT2D eigenvalue weighted by Gasteiger charge is 2.17. The number of aryl methyl sites for hydroxylation is 1. The molecule has 0 saturated carbocycles. The van der Waals surface area contributed by atoms with E-state index in [2.05, 4.69) is 22.5 Å². The Balaban J connectivity index is 1.67. The Morgan fingerprint density at radius 2 is 1.67 bits per heavy atom. The second-order valence-electron chi connectivity index (χ2n) is 6.49. The molecular weight excluding hydrogens is 302 g/mol. The molecule has 1 aliphatic heterocycles. The molecule has 1 aromatic heterocycles. The van der Waals surface area contributed by atoms with E-state index < -0.39 is 0 Å². The van der Waals surface area contributed by atoms with Crippen molar-refractivity contribution in [2.75, 3.05) is 13.2 Å². The number of hydrogen-bond acceptors (Lipinski definition) is 4. The summed E-state index contributed by atoms with van der Waals surface area (Å²) in [7, 11) is 0. The molecular formula is C19H29N3O2. The molecule has 0 unspecified atom stereocenters. The third kappa shape index (κ3) is 3.83. The lowest BCUT2D eigenvalue weighted by Gasteiger charge is -2.18. The fourth-order valence-electron chi connectivity index (χ4n) is 3.34. The average molecular weight is 331 g/mol. The fraction of sp³-hybridized carbons (Fsp3) is 0.632. The van der Waals surface area contributed by atoms with Crippen LogP contribution in [0.3, 0.4) is 0 Å². The molecule has 0 atom stereocenters. The monoisotopic (exact) mass is 331 g/mol. The van der Waals surface area contributed by atoms with Crippen molar-refractivity contribution in [3.8, 4) is 11.5 Å². The Hall–Kier alpha value is -1.75. The van der Waals surface area contributed by atoms with Gasteiger partial charge in [0.05, 0.1) is 17.6 Å². The molecule has 2 aromatic rings. The van der Waals surface area contributed by atoms with Crippen molar-refractivity contribution in [3.63, 3.8) is 0 Å². The van der Waals surface area contributed by atoms with Gasteiger partial charge < -0.3 is 19.8 Å². The van der Waals surface area contributed by atoms with Crippen molar-refractivity contribution in [1.29, 1.82) is 0 Å². The second-order valence-corrected chi connectivity index (χ2v) is 6.49. The molecule has 24 heavy (non-hydrogen) atoms. The highest BCUT2D eigenvalue weighted by Crippen LogP contribution is 2.34. The smallest absolute Gasteiger partial charge is 0.163 e. The van der Waals surface area contributed by atoms with Crippen LogP contribution in [-0.4, -0.2) is 22.8 Å². The van der Waals surface area contributed by atoms with E-state index in [4.69, 9.17) is 15.2 Å². The first kappa shape index (κ1) is 17.1. The molecule has 3 rings (SSSR count). The minimum Gasteiger partial charge on any atom is -0.486 e. The van der Waals surface area contributed by atoms with Gasteiger partial charge in [-0.15, -0.1) is 0 Å². The Labute approximate surface area is 144 Å². The first-order chi connectivity index (χ1) is 11.8. The summed E-state index contributed by atoms with van der Waals surface area (Å²) in [6.07, 6.45) is 9.12. The number of nitrogens with zero attached hydrogens (tertiary/aromatic N) is 2. The van der Waals surface area contributed by atoms with Crippen LogP contribution in [0.2, 0.25) is 0 Å². The third-order valence-electron chi connectivity index (χ3n) is 4.66. The minimum absolute atomic E-state index is 0.456. The molecule has 132 valence electrons. The predicted molar refractivity (Wildman–Crippen MR) is 96.6 cm³/mol. The van der Waals surface area contributed by atoms with Crippen molar-refractivity contribution >= 4 is 11.0 Å². The van der Waals surface area contributed by atoms with E-state index >= 15 is 0 Å². The Morgan fingerprint density at radius 3 is 2.38 bits per heavy atom. The molecule has 0 fully saturated rings. The molecule has 2 N–H and O–H groups in total. The standard InChI is InChI=1S/C19H29N3O2/c1-2-3-4-5-6-7-8-9-22-16-13-18-17(23-10-11-24-18)12-15(16)21-19(22)14-20/h12-13H,2-11,14,20H2,1H3. The van der Waals surface area contributed by atoms with Crippen LogP contribution in [0.1, 0.15) is 57.7 Å². The lowest BCUT2D eigenvalue weighted by molar-refractivity contribution is 0.172. The molecule has 1 aliphatic rings. The summed E-state index contributed by atoms with van der Waals surface area (Å²) in [5.74, 6) is 2.55.